The first-order valence-corrected chi connectivity index (χ1v) is 14.2. The molecule has 0 saturated carbocycles. The Kier molecular flexibility index (Phi) is 10.9. The maximum absolute atomic E-state index is 12.0. The minimum absolute atomic E-state index is 0.0695. The molecule has 0 unspecified atom stereocenters. The first-order chi connectivity index (χ1) is 16.3. The number of benzene rings is 2. The molecule has 0 bridgehead atoms. The number of fused-ring (bicyclic) bond motifs is 1. The van der Waals surface area contributed by atoms with Crippen molar-refractivity contribution in [3.63, 3.8) is 0 Å². The van der Waals surface area contributed by atoms with Gasteiger partial charge in [0.05, 0.1) is 17.3 Å². The largest absolute Gasteiger partial charge is 0.493 e. The lowest BCUT2D eigenvalue weighted by Crippen LogP contribution is -2.35. The molecule has 3 N–H and O–H groups in total. The third-order valence-corrected chi connectivity index (χ3v) is 7.99. The van der Waals surface area contributed by atoms with Crippen LogP contribution in [0.25, 0.3) is 0 Å². The summed E-state index contributed by atoms with van der Waals surface area (Å²) in [6, 6.07) is 8.85. The summed E-state index contributed by atoms with van der Waals surface area (Å²) in [6.45, 7) is 9.99. The predicted octanol–water partition coefficient (Wildman–Crippen LogP) is 5.49. The van der Waals surface area contributed by atoms with Gasteiger partial charge in [-0.2, -0.15) is 0 Å². The lowest BCUT2D eigenvalue weighted by molar-refractivity contribution is -0.118. The first kappa shape index (κ1) is 29.4. The number of ether oxygens (including phenoxy) is 1. The van der Waals surface area contributed by atoms with Crippen LogP contribution in [0.4, 0.5) is 0 Å². The fourth-order valence-electron chi connectivity index (χ4n) is 3.47. The van der Waals surface area contributed by atoms with Crippen LogP contribution in [0, 0.1) is 0 Å². The Morgan fingerprint density at radius 3 is 2.40 bits per heavy atom. The molecule has 6 nitrogen and oxygen atoms in total. The van der Waals surface area contributed by atoms with Gasteiger partial charge in [0, 0.05) is 28.5 Å². The smallest absolute Gasteiger partial charge is 0.217 e. The highest BCUT2D eigenvalue weighted by atomic mass is 35.5. The van der Waals surface area contributed by atoms with E-state index in [0.29, 0.717) is 5.02 Å². The number of primary amides is 1. The summed E-state index contributed by atoms with van der Waals surface area (Å²) in [7, 11) is -3.40. The molecule has 2 aromatic rings. The summed E-state index contributed by atoms with van der Waals surface area (Å²) in [5.41, 5.74) is 8.32. The molecule has 0 saturated heterocycles. The third kappa shape index (κ3) is 9.64. The Balaban J connectivity index is 0.000000247. The minimum Gasteiger partial charge on any atom is -0.493 e. The number of nitrogens with one attached hydrogen (secondary N) is 1. The van der Waals surface area contributed by atoms with Crippen molar-refractivity contribution in [3.05, 3.63) is 57.1 Å². The number of aryl methyl sites for hydroxylation is 2. The maximum atomic E-state index is 12.0. The molecule has 0 fully saturated rings. The molecular weight excluding hydrogens is 507 g/mol. The van der Waals surface area contributed by atoms with E-state index in [1.54, 1.807) is 12.1 Å². The van der Waals surface area contributed by atoms with Gasteiger partial charge in [0.1, 0.15) is 5.75 Å². The SMILES string of the molecule is CC(C)(C)NCc1cc2c(cc1Cl)CCCO2.CCc1ccc(S(=O)(=O)CCCC(N)=O)cc1Cl. The van der Waals surface area contributed by atoms with Crippen molar-refractivity contribution in [2.75, 3.05) is 12.4 Å². The highest BCUT2D eigenvalue weighted by Gasteiger charge is 2.17. The molecule has 1 aliphatic rings. The van der Waals surface area contributed by atoms with Gasteiger partial charge in [-0.1, -0.05) is 36.2 Å². The average Bonchev–Trinajstić information content (AvgIpc) is 2.77. The van der Waals surface area contributed by atoms with E-state index in [-0.39, 0.29) is 29.0 Å². The number of nitrogens with two attached hydrogens (primary N) is 1. The van der Waals surface area contributed by atoms with Gasteiger partial charge in [-0.05, 0) is 87.4 Å². The van der Waals surface area contributed by atoms with Crippen molar-refractivity contribution >= 4 is 38.9 Å². The highest BCUT2D eigenvalue weighted by molar-refractivity contribution is 7.91. The van der Waals surface area contributed by atoms with Crippen LogP contribution in [0.1, 0.15) is 63.6 Å². The molecule has 194 valence electrons. The fraction of sp³-hybridized carbons (Fsp3) is 0.500. The fourth-order valence-corrected chi connectivity index (χ4v) is 5.43. The molecule has 3 rings (SSSR count). The number of hydrogen-bond donors (Lipinski definition) is 2. The second kappa shape index (κ2) is 12.9. The molecule has 0 aliphatic carbocycles. The Labute approximate surface area is 219 Å². The van der Waals surface area contributed by atoms with Crippen molar-refractivity contribution in [2.45, 2.75) is 76.8 Å². The zero-order valence-corrected chi connectivity index (χ0v) is 23.2. The van der Waals surface area contributed by atoms with Gasteiger partial charge in [-0.3, -0.25) is 4.79 Å². The van der Waals surface area contributed by atoms with Gasteiger partial charge in [0.15, 0.2) is 9.84 Å². The summed E-state index contributed by atoms with van der Waals surface area (Å²) >= 11 is 12.3. The molecule has 9 heteroatoms. The molecule has 0 radical (unpaired) electrons. The van der Waals surface area contributed by atoms with Gasteiger partial charge >= 0.3 is 0 Å². The Morgan fingerprint density at radius 2 is 1.80 bits per heavy atom. The molecule has 1 amide bonds. The van der Waals surface area contributed by atoms with Crippen LogP contribution in [0.15, 0.2) is 35.2 Å². The van der Waals surface area contributed by atoms with Crippen LogP contribution < -0.4 is 15.8 Å². The minimum atomic E-state index is -3.40. The molecule has 0 aromatic heterocycles. The number of sulfone groups is 1. The Hall–Kier alpha value is -1.80. The van der Waals surface area contributed by atoms with E-state index in [4.69, 9.17) is 33.7 Å². The Morgan fingerprint density at radius 1 is 1.11 bits per heavy atom. The summed E-state index contributed by atoms with van der Waals surface area (Å²) in [4.78, 5) is 10.8. The van der Waals surface area contributed by atoms with Gasteiger partial charge in [0.2, 0.25) is 5.91 Å². The normalized spacial score (nSPS) is 13.3. The van der Waals surface area contributed by atoms with Crippen LogP contribution in [-0.2, 0) is 34.0 Å². The molecule has 35 heavy (non-hydrogen) atoms. The number of carbonyl (C=O) groups is 1. The van der Waals surface area contributed by atoms with E-state index >= 15 is 0 Å². The van der Waals surface area contributed by atoms with Gasteiger partial charge in [-0.15, -0.1) is 0 Å². The number of carbonyl (C=O) groups excluding carboxylic acids is 1. The number of halogens is 2. The highest BCUT2D eigenvalue weighted by Crippen LogP contribution is 2.31. The number of rotatable bonds is 8. The summed E-state index contributed by atoms with van der Waals surface area (Å²) in [5, 5.41) is 4.74. The number of hydrogen-bond acceptors (Lipinski definition) is 5. The maximum Gasteiger partial charge on any atom is 0.217 e. The molecular formula is C26H36Cl2N2O4S. The monoisotopic (exact) mass is 542 g/mol. The van der Waals surface area contributed by atoms with Crippen LogP contribution in [0.5, 0.6) is 5.75 Å². The lowest BCUT2D eigenvalue weighted by atomic mass is 10.0. The molecule has 1 heterocycles. The summed E-state index contributed by atoms with van der Waals surface area (Å²) in [6.07, 6.45) is 3.20. The van der Waals surface area contributed by atoms with E-state index in [1.165, 1.54) is 11.6 Å². The molecule has 2 aromatic carbocycles. The van der Waals surface area contributed by atoms with Crippen molar-refractivity contribution in [3.8, 4) is 5.75 Å². The van der Waals surface area contributed by atoms with E-state index in [2.05, 4.69) is 38.2 Å². The van der Waals surface area contributed by atoms with E-state index in [0.717, 1.165) is 54.3 Å². The van der Waals surface area contributed by atoms with Crippen molar-refractivity contribution in [1.82, 2.24) is 5.32 Å². The van der Waals surface area contributed by atoms with Gasteiger partial charge < -0.3 is 15.8 Å². The zero-order chi connectivity index (χ0) is 26.2. The molecule has 0 spiro atoms. The van der Waals surface area contributed by atoms with E-state index < -0.39 is 15.7 Å². The van der Waals surface area contributed by atoms with Crippen molar-refractivity contribution in [2.24, 2.45) is 5.73 Å². The van der Waals surface area contributed by atoms with Crippen molar-refractivity contribution < 1.29 is 17.9 Å². The van der Waals surface area contributed by atoms with E-state index in [1.807, 2.05) is 6.92 Å². The second-order valence-electron chi connectivity index (χ2n) is 9.60. The zero-order valence-electron chi connectivity index (χ0n) is 20.9. The third-order valence-electron chi connectivity index (χ3n) is 5.49. The van der Waals surface area contributed by atoms with Crippen molar-refractivity contribution in [1.29, 1.82) is 0 Å². The van der Waals surface area contributed by atoms with Crippen LogP contribution in [0.2, 0.25) is 10.0 Å². The number of amides is 1. The first-order valence-electron chi connectivity index (χ1n) is 11.8. The molecule has 0 atom stereocenters. The van der Waals surface area contributed by atoms with Crippen LogP contribution in [0.3, 0.4) is 0 Å². The van der Waals surface area contributed by atoms with Gasteiger partial charge in [0.25, 0.3) is 0 Å². The molecule has 1 aliphatic heterocycles. The second-order valence-corrected chi connectivity index (χ2v) is 12.5. The summed E-state index contributed by atoms with van der Waals surface area (Å²) in [5.74, 6) is 0.411. The average molecular weight is 544 g/mol. The van der Waals surface area contributed by atoms with E-state index in [9.17, 15) is 13.2 Å². The Bertz CT molecular complexity index is 1130. The quantitative estimate of drug-likeness (QED) is 0.459. The lowest BCUT2D eigenvalue weighted by Gasteiger charge is -2.23. The van der Waals surface area contributed by atoms with Gasteiger partial charge in [-0.25, -0.2) is 8.42 Å². The van der Waals surface area contributed by atoms with Crippen LogP contribution >= 0.6 is 23.2 Å². The topological polar surface area (TPSA) is 98.5 Å². The predicted molar refractivity (Wildman–Crippen MR) is 143 cm³/mol. The van der Waals surface area contributed by atoms with Crippen LogP contribution in [-0.4, -0.2) is 32.2 Å². The standard InChI is InChI=1S/C14H20ClNO.C12H16ClNO3S/c1-14(2,3)16-9-11-8-13-10(7-12(11)15)5-4-6-17-13;1-2-9-5-6-10(8-11(9)13)18(16,17)7-3-4-12(14)15/h7-8,16H,4-6,9H2,1-3H3;5-6,8H,2-4,7H2,1H3,(H2,14,15). The summed E-state index contributed by atoms with van der Waals surface area (Å²) < 4.78 is 29.6.